The Kier molecular flexibility index (Phi) is 41.6. The van der Waals surface area contributed by atoms with E-state index in [4.69, 9.17) is 9.47 Å². The monoisotopic (exact) mass is 968 g/mol. The summed E-state index contributed by atoms with van der Waals surface area (Å²) in [4.78, 5) is 43.7. The highest BCUT2D eigenvalue weighted by Gasteiger charge is 2.28. The molecule has 5 atom stereocenters. The van der Waals surface area contributed by atoms with Gasteiger partial charge in [0, 0.05) is 12.8 Å². The molecule has 0 fully saturated rings. The van der Waals surface area contributed by atoms with Gasteiger partial charge in [0.05, 0.1) is 26.4 Å². The SMILES string of the molecule is CC/C=C\C/C=C\C/C=C\C/C=C\C/C=C\CCCCCCCC(=O)OCC(O)COP(=O)(O)OCC(O)COP(=O)(O)OCC(O)COC(=O)CCC/C=C/C=C\C=C/C=C/C=C/CC. The molecule has 66 heavy (non-hydrogen) atoms. The van der Waals surface area contributed by atoms with Gasteiger partial charge >= 0.3 is 27.6 Å². The summed E-state index contributed by atoms with van der Waals surface area (Å²) in [5.74, 6) is -1.10. The van der Waals surface area contributed by atoms with E-state index >= 15 is 0 Å². The summed E-state index contributed by atoms with van der Waals surface area (Å²) < 4.78 is 52.8. The first-order chi connectivity index (χ1) is 31.8. The van der Waals surface area contributed by atoms with Crippen LogP contribution in [0.15, 0.2) is 122 Å². The first-order valence-corrected chi connectivity index (χ1v) is 25.9. The van der Waals surface area contributed by atoms with Crippen LogP contribution in [0.5, 0.6) is 0 Å². The number of carbonyl (C=O) groups is 2. The second-order valence-corrected chi connectivity index (χ2v) is 17.7. The smallest absolute Gasteiger partial charge is 0.463 e. The summed E-state index contributed by atoms with van der Waals surface area (Å²) in [6, 6.07) is 0. The maximum absolute atomic E-state index is 12.2. The Hall–Kier alpha value is -3.56. The lowest BCUT2D eigenvalue weighted by Gasteiger charge is -2.19. The molecule has 17 heteroatoms. The van der Waals surface area contributed by atoms with Crippen molar-refractivity contribution in [1.29, 1.82) is 0 Å². The maximum Gasteiger partial charge on any atom is 0.472 e. The minimum absolute atomic E-state index is 0.0935. The first kappa shape index (κ1) is 62.4. The van der Waals surface area contributed by atoms with Crippen molar-refractivity contribution < 1.29 is 71.4 Å². The van der Waals surface area contributed by atoms with Gasteiger partial charge in [0.25, 0.3) is 0 Å². The van der Waals surface area contributed by atoms with E-state index in [2.05, 4.69) is 98.8 Å². The van der Waals surface area contributed by atoms with Crippen molar-refractivity contribution >= 4 is 27.6 Å². The first-order valence-electron chi connectivity index (χ1n) is 23.0. The van der Waals surface area contributed by atoms with Crippen LogP contribution in [0, 0.1) is 0 Å². The number of hydrogen-bond donors (Lipinski definition) is 5. The number of hydrogen-bond acceptors (Lipinski definition) is 13. The van der Waals surface area contributed by atoms with Crippen LogP contribution in [-0.4, -0.2) is 95.0 Å². The highest BCUT2D eigenvalue weighted by atomic mass is 31.2. The Morgan fingerprint density at radius 1 is 0.409 bits per heavy atom. The molecule has 0 aromatic heterocycles. The number of carbonyl (C=O) groups excluding carboxylic acids is 2. The van der Waals surface area contributed by atoms with E-state index in [1.807, 2.05) is 54.7 Å². The van der Waals surface area contributed by atoms with Gasteiger partial charge in [-0.2, -0.15) is 0 Å². The molecule has 15 nitrogen and oxygen atoms in total. The van der Waals surface area contributed by atoms with Crippen LogP contribution >= 0.6 is 15.6 Å². The molecule has 5 N–H and O–H groups in total. The van der Waals surface area contributed by atoms with Crippen LogP contribution in [-0.2, 0) is 46.3 Å². The molecule has 374 valence electrons. The Morgan fingerprint density at radius 3 is 1.20 bits per heavy atom. The van der Waals surface area contributed by atoms with Crippen LogP contribution in [0.1, 0.15) is 117 Å². The van der Waals surface area contributed by atoms with E-state index in [1.165, 1.54) is 0 Å². The average molecular weight is 969 g/mol. The Balaban J connectivity index is 3.99. The average Bonchev–Trinajstić information content (AvgIpc) is 3.29. The molecule has 0 rings (SSSR count). The Labute approximate surface area is 393 Å². The molecule has 0 aromatic rings. The summed E-state index contributed by atoms with van der Waals surface area (Å²) in [7, 11) is -9.61. The normalized spacial score (nSPS) is 16.2. The molecule has 0 saturated carbocycles. The fourth-order valence-electron chi connectivity index (χ4n) is 5.03. The van der Waals surface area contributed by atoms with Gasteiger partial charge in [0.15, 0.2) is 0 Å². The van der Waals surface area contributed by atoms with Gasteiger partial charge in [-0.1, -0.05) is 155 Å². The Morgan fingerprint density at radius 2 is 0.742 bits per heavy atom. The quantitative estimate of drug-likeness (QED) is 0.0126. The number of aliphatic hydroxyl groups excluding tert-OH is 3. The number of unbranched alkanes of at least 4 members (excludes halogenated alkanes) is 6. The maximum atomic E-state index is 12.2. The lowest BCUT2D eigenvalue weighted by Crippen LogP contribution is -2.25. The molecule has 0 aliphatic carbocycles. The minimum atomic E-state index is -4.81. The van der Waals surface area contributed by atoms with Crippen molar-refractivity contribution in [2.24, 2.45) is 0 Å². The van der Waals surface area contributed by atoms with E-state index in [-0.39, 0.29) is 12.8 Å². The van der Waals surface area contributed by atoms with Gasteiger partial charge < -0.3 is 34.6 Å². The number of phosphoric acid groups is 2. The van der Waals surface area contributed by atoms with Crippen LogP contribution < -0.4 is 0 Å². The zero-order chi connectivity index (χ0) is 48.8. The van der Waals surface area contributed by atoms with Crippen LogP contribution in [0.2, 0.25) is 0 Å². The molecule has 0 aliphatic heterocycles. The molecule has 0 saturated heterocycles. The Bertz CT molecular complexity index is 1640. The van der Waals surface area contributed by atoms with E-state index < -0.39 is 85.5 Å². The molecule has 0 heterocycles. The highest BCUT2D eigenvalue weighted by molar-refractivity contribution is 7.47. The molecule has 0 amide bonds. The predicted octanol–water partition coefficient (Wildman–Crippen LogP) is 10.3. The lowest BCUT2D eigenvalue weighted by molar-refractivity contribution is -0.148. The van der Waals surface area contributed by atoms with E-state index in [0.717, 1.165) is 70.6 Å². The highest BCUT2D eigenvalue weighted by Crippen LogP contribution is 2.45. The number of esters is 2. The van der Waals surface area contributed by atoms with Crippen LogP contribution in [0.4, 0.5) is 0 Å². The van der Waals surface area contributed by atoms with Crippen molar-refractivity contribution in [3.63, 3.8) is 0 Å². The fourth-order valence-corrected chi connectivity index (χ4v) is 6.62. The molecule has 0 bridgehead atoms. The largest absolute Gasteiger partial charge is 0.472 e. The van der Waals surface area contributed by atoms with Crippen LogP contribution in [0.3, 0.4) is 0 Å². The molecule has 0 radical (unpaired) electrons. The van der Waals surface area contributed by atoms with Crippen LogP contribution in [0.25, 0.3) is 0 Å². The predicted molar refractivity (Wildman–Crippen MR) is 260 cm³/mol. The van der Waals surface area contributed by atoms with Crippen molar-refractivity contribution in [1.82, 2.24) is 0 Å². The van der Waals surface area contributed by atoms with E-state index in [9.17, 15) is 43.8 Å². The molecule has 0 spiro atoms. The minimum Gasteiger partial charge on any atom is -0.463 e. The lowest BCUT2D eigenvalue weighted by atomic mass is 10.1. The number of ether oxygens (including phenoxy) is 2. The second kappa shape index (κ2) is 44.0. The van der Waals surface area contributed by atoms with Gasteiger partial charge in [-0.15, -0.1) is 0 Å². The third-order valence-electron chi connectivity index (χ3n) is 8.54. The van der Waals surface area contributed by atoms with Gasteiger partial charge in [-0.3, -0.25) is 27.7 Å². The summed E-state index contributed by atoms with van der Waals surface area (Å²) in [6.45, 7) is -0.00378. The summed E-state index contributed by atoms with van der Waals surface area (Å²) in [6.07, 6.45) is 49.2. The van der Waals surface area contributed by atoms with Gasteiger partial charge in [0.1, 0.15) is 31.5 Å². The van der Waals surface area contributed by atoms with Gasteiger partial charge in [-0.05, 0) is 70.6 Å². The van der Waals surface area contributed by atoms with Crippen molar-refractivity contribution in [3.8, 4) is 0 Å². The molecule has 5 unspecified atom stereocenters. The standard InChI is InChI=1S/C49H78O15P2/c1-3-5-7-9-11-13-15-17-18-19-20-21-22-23-24-26-28-30-32-34-36-38-49(54)60-40-46(51)42-62-66(57,58)64-44-47(52)43-63-65(55,56)61-41-45(50)39-59-48(53)37-35-33-31-29-27-25-16-14-12-10-8-6-4-2/h5-8,10-14,16-18,20-21,23-25,27,29,31,45-47,50-52H,3-4,9,15,19,22,26,28,30,32-44H2,1-2H3,(H,55,56)(H,57,58)/b7-5-,8-6+,12-10+,13-11-,16-14-,18-17-,21-20-,24-23-,27-25-,31-29+. The molecule has 0 aromatic carbocycles. The summed E-state index contributed by atoms with van der Waals surface area (Å²) in [5, 5.41) is 30.0. The van der Waals surface area contributed by atoms with E-state index in [0.29, 0.717) is 19.3 Å². The molecular formula is C49H78O15P2. The molecule has 0 aliphatic rings. The number of phosphoric ester groups is 2. The number of allylic oxidation sites excluding steroid dienone is 20. The topological polar surface area (TPSA) is 225 Å². The number of aliphatic hydroxyl groups is 3. The summed E-state index contributed by atoms with van der Waals surface area (Å²) in [5.41, 5.74) is 0. The zero-order valence-electron chi connectivity index (χ0n) is 39.0. The molecular weight excluding hydrogens is 890 g/mol. The zero-order valence-corrected chi connectivity index (χ0v) is 40.8. The third-order valence-corrected chi connectivity index (χ3v) is 10.4. The fraction of sp³-hybridized carbons (Fsp3) is 0.551. The summed E-state index contributed by atoms with van der Waals surface area (Å²) >= 11 is 0. The number of rotatable bonds is 42. The third kappa shape index (κ3) is 45.6. The second-order valence-electron chi connectivity index (χ2n) is 14.8. The van der Waals surface area contributed by atoms with Crippen molar-refractivity contribution in [2.75, 3.05) is 39.6 Å². The van der Waals surface area contributed by atoms with Gasteiger partial charge in [0.2, 0.25) is 0 Å². The van der Waals surface area contributed by atoms with Gasteiger partial charge in [-0.25, -0.2) is 9.13 Å². The van der Waals surface area contributed by atoms with E-state index in [1.54, 1.807) is 0 Å². The van der Waals surface area contributed by atoms with Crippen molar-refractivity contribution in [2.45, 2.75) is 135 Å². The van der Waals surface area contributed by atoms with Crippen molar-refractivity contribution in [3.05, 3.63) is 122 Å².